The number of hydrogen-bond donors (Lipinski definition) is 3. The lowest BCUT2D eigenvalue weighted by molar-refractivity contribution is 0.171. The summed E-state index contributed by atoms with van der Waals surface area (Å²) in [5.41, 5.74) is 10.2. The third kappa shape index (κ3) is 3.56. The molecule has 6 heteroatoms. The summed E-state index contributed by atoms with van der Waals surface area (Å²) in [5.74, 6) is 1.31. The Morgan fingerprint density at radius 2 is 1.78 bits per heavy atom. The fourth-order valence-electron chi connectivity index (χ4n) is 3.13. The van der Waals surface area contributed by atoms with E-state index in [2.05, 4.69) is 4.99 Å². The normalized spacial score (nSPS) is 14.7. The second-order valence-corrected chi connectivity index (χ2v) is 6.31. The fourth-order valence-corrected chi connectivity index (χ4v) is 3.13. The van der Waals surface area contributed by atoms with Gasteiger partial charge >= 0.3 is 0 Å². The maximum atomic E-state index is 10.4. The largest absolute Gasteiger partial charge is 0.508 e. The first kappa shape index (κ1) is 18.6. The molecule has 2 aromatic rings. The molecule has 3 rings (SSSR count). The van der Waals surface area contributed by atoms with Gasteiger partial charge in [-0.05, 0) is 42.7 Å². The van der Waals surface area contributed by atoms with Gasteiger partial charge in [-0.2, -0.15) is 0 Å². The van der Waals surface area contributed by atoms with Gasteiger partial charge in [0.15, 0.2) is 11.5 Å². The third-order valence-electron chi connectivity index (χ3n) is 4.67. The predicted octanol–water partition coefficient (Wildman–Crippen LogP) is 3.35. The monoisotopic (exact) mass is 368 g/mol. The van der Waals surface area contributed by atoms with Gasteiger partial charge in [-0.3, -0.25) is 4.99 Å². The zero-order valence-corrected chi connectivity index (χ0v) is 15.7. The lowest BCUT2D eigenvalue weighted by Gasteiger charge is -2.20. The molecule has 0 fully saturated rings. The van der Waals surface area contributed by atoms with Crippen molar-refractivity contribution in [1.29, 1.82) is 0 Å². The number of nitrogens with two attached hydrogens (primary N) is 1. The van der Waals surface area contributed by atoms with Crippen LogP contribution in [0.5, 0.6) is 23.0 Å². The van der Waals surface area contributed by atoms with Gasteiger partial charge in [-0.15, -0.1) is 0 Å². The number of benzene rings is 2. The van der Waals surface area contributed by atoms with Crippen LogP contribution in [-0.4, -0.2) is 36.2 Å². The first-order chi connectivity index (χ1) is 13.0. The van der Waals surface area contributed by atoms with Crippen LogP contribution in [0, 0.1) is 0 Å². The summed E-state index contributed by atoms with van der Waals surface area (Å²) < 4.78 is 11.3. The quantitative estimate of drug-likeness (QED) is 0.568. The topological polar surface area (TPSA) is 97.3 Å². The minimum absolute atomic E-state index is 0.0494. The maximum absolute atomic E-state index is 10.4. The number of hydrogen-bond acceptors (Lipinski definition) is 6. The average Bonchev–Trinajstić information content (AvgIpc) is 2.68. The first-order valence-electron chi connectivity index (χ1n) is 8.85. The maximum Gasteiger partial charge on any atom is 0.161 e. The number of aliphatic imine (C=N–C) groups is 1. The van der Waals surface area contributed by atoms with Crippen molar-refractivity contribution >= 4 is 17.0 Å². The lowest BCUT2D eigenvalue weighted by atomic mass is 9.94. The molecule has 0 unspecified atom stereocenters. The summed E-state index contributed by atoms with van der Waals surface area (Å²) in [6, 6.07) is 8.63. The van der Waals surface area contributed by atoms with E-state index in [1.165, 1.54) is 6.07 Å². The van der Waals surface area contributed by atoms with Crippen LogP contribution in [-0.2, 0) is 6.42 Å². The van der Waals surface area contributed by atoms with Crippen molar-refractivity contribution in [3.63, 3.8) is 0 Å². The Hall–Kier alpha value is -3.15. The highest BCUT2D eigenvalue weighted by Gasteiger charge is 2.19. The number of phenols is 2. The lowest BCUT2D eigenvalue weighted by Crippen LogP contribution is -2.16. The second kappa shape index (κ2) is 7.61. The van der Waals surface area contributed by atoms with E-state index in [-0.39, 0.29) is 11.5 Å². The first-order valence-corrected chi connectivity index (χ1v) is 8.85. The fraction of sp³-hybridized carbons (Fsp3) is 0.286. The minimum atomic E-state index is -0.0823. The SMILES string of the molecule is CCc1cc(C(N)=C(C(C)=NC)c2ccc3c(c2)OCCO3)c(O)cc1O. The molecule has 2 aromatic carbocycles. The Bertz CT molecular complexity index is 932. The third-order valence-corrected chi connectivity index (χ3v) is 4.67. The number of fused-ring (bicyclic) bond motifs is 1. The molecule has 0 saturated carbocycles. The summed E-state index contributed by atoms with van der Waals surface area (Å²) in [4.78, 5) is 4.29. The van der Waals surface area contributed by atoms with Crippen LogP contribution >= 0.6 is 0 Å². The molecule has 1 aliphatic heterocycles. The Morgan fingerprint density at radius 1 is 1.07 bits per heavy atom. The molecule has 0 bridgehead atoms. The van der Waals surface area contributed by atoms with Gasteiger partial charge in [0.25, 0.3) is 0 Å². The van der Waals surface area contributed by atoms with Crippen LogP contribution in [0.25, 0.3) is 11.3 Å². The van der Waals surface area contributed by atoms with Gasteiger partial charge in [0, 0.05) is 30.0 Å². The Morgan fingerprint density at radius 3 is 2.44 bits per heavy atom. The number of ether oxygens (including phenoxy) is 2. The predicted molar refractivity (Wildman–Crippen MR) is 107 cm³/mol. The van der Waals surface area contributed by atoms with Crippen LogP contribution in [0.3, 0.4) is 0 Å². The van der Waals surface area contributed by atoms with E-state index in [0.29, 0.717) is 53.5 Å². The molecule has 142 valence electrons. The molecule has 0 aliphatic carbocycles. The number of phenolic OH excluding ortho intramolecular Hbond substituents is 2. The van der Waals surface area contributed by atoms with Gasteiger partial charge in [0.05, 0.1) is 5.70 Å². The molecule has 0 spiro atoms. The van der Waals surface area contributed by atoms with Crippen molar-refractivity contribution in [3.05, 3.63) is 47.0 Å². The molecular weight excluding hydrogens is 344 g/mol. The highest BCUT2D eigenvalue weighted by atomic mass is 16.6. The highest BCUT2D eigenvalue weighted by molar-refractivity contribution is 6.29. The summed E-state index contributed by atoms with van der Waals surface area (Å²) >= 11 is 0. The molecule has 0 radical (unpaired) electrons. The second-order valence-electron chi connectivity index (χ2n) is 6.31. The molecule has 27 heavy (non-hydrogen) atoms. The molecule has 6 nitrogen and oxygen atoms in total. The molecule has 0 saturated heterocycles. The molecular formula is C21H24N2O4. The minimum Gasteiger partial charge on any atom is -0.508 e. The summed E-state index contributed by atoms with van der Waals surface area (Å²) in [6.45, 7) is 4.80. The van der Waals surface area contributed by atoms with Crippen LogP contribution in [0.1, 0.15) is 30.5 Å². The Labute approximate surface area is 158 Å². The van der Waals surface area contributed by atoms with Gasteiger partial charge in [0.2, 0.25) is 0 Å². The number of allylic oxidation sites excluding steroid dienone is 1. The van der Waals surface area contributed by atoms with Crippen LogP contribution in [0.4, 0.5) is 0 Å². The molecule has 4 N–H and O–H groups in total. The molecule has 0 aromatic heterocycles. The van der Waals surface area contributed by atoms with Crippen molar-refractivity contribution in [3.8, 4) is 23.0 Å². The zero-order valence-electron chi connectivity index (χ0n) is 15.7. The van der Waals surface area contributed by atoms with E-state index in [0.717, 1.165) is 11.3 Å². The standard InChI is InChI=1S/C21H24N2O4/c1-4-13-9-15(17(25)11-16(13)24)21(22)20(12(2)23-3)14-5-6-18-19(10-14)27-8-7-26-18/h5-6,9-11,24-25H,4,7-8,22H2,1-3H3. The highest BCUT2D eigenvalue weighted by Crippen LogP contribution is 2.37. The van der Waals surface area contributed by atoms with Crippen molar-refractivity contribution in [2.45, 2.75) is 20.3 Å². The van der Waals surface area contributed by atoms with E-state index >= 15 is 0 Å². The van der Waals surface area contributed by atoms with Gasteiger partial charge < -0.3 is 25.4 Å². The molecule has 0 amide bonds. The number of rotatable bonds is 4. The number of aryl methyl sites for hydroxylation is 1. The van der Waals surface area contributed by atoms with E-state index in [4.69, 9.17) is 15.2 Å². The van der Waals surface area contributed by atoms with Gasteiger partial charge in [-0.1, -0.05) is 13.0 Å². The number of aromatic hydroxyl groups is 2. The zero-order chi connectivity index (χ0) is 19.6. The van der Waals surface area contributed by atoms with Crippen molar-refractivity contribution in [2.75, 3.05) is 20.3 Å². The van der Waals surface area contributed by atoms with Crippen LogP contribution < -0.4 is 15.2 Å². The Kier molecular flexibility index (Phi) is 5.26. The molecule has 1 aliphatic rings. The smallest absolute Gasteiger partial charge is 0.161 e. The van der Waals surface area contributed by atoms with Crippen molar-refractivity contribution < 1.29 is 19.7 Å². The van der Waals surface area contributed by atoms with Crippen molar-refractivity contribution in [1.82, 2.24) is 0 Å². The summed E-state index contributed by atoms with van der Waals surface area (Å²) in [6.07, 6.45) is 0.618. The number of nitrogens with zero attached hydrogens (tertiary/aromatic N) is 1. The van der Waals surface area contributed by atoms with Gasteiger partial charge in [0.1, 0.15) is 24.7 Å². The van der Waals surface area contributed by atoms with Gasteiger partial charge in [-0.25, -0.2) is 0 Å². The van der Waals surface area contributed by atoms with E-state index in [9.17, 15) is 10.2 Å². The summed E-state index contributed by atoms with van der Waals surface area (Å²) in [7, 11) is 1.69. The summed E-state index contributed by atoms with van der Waals surface area (Å²) in [5, 5.41) is 20.3. The van der Waals surface area contributed by atoms with Crippen LogP contribution in [0.15, 0.2) is 35.3 Å². The van der Waals surface area contributed by atoms with Crippen molar-refractivity contribution in [2.24, 2.45) is 10.7 Å². The Balaban J connectivity index is 2.21. The van der Waals surface area contributed by atoms with E-state index in [1.807, 2.05) is 32.0 Å². The van der Waals surface area contributed by atoms with Crippen LogP contribution in [0.2, 0.25) is 0 Å². The van der Waals surface area contributed by atoms with E-state index < -0.39 is 0 Å². The average molecular weight is 368 g/mol. The van der Waals surface area contributed by atoms with E-state index in [1.54, 1.807) is 13.1 Å². The molecule has 1 heterocycles. The molecule has 0 atom stereocenters.